The van der Waals surface area contributed by atoms with E-state index in [9.17, 15) is 4.79 Å². The summed E-state index contributed by atoms with van der Waals surface area (Å²) in [7, 11) is 4.44. The zero-order valence-corrected chi connectivity index (χ0v) is 15.9. The summed E-state index contributed by atoms with van der Waals surface area (Å²) in [5, 5.41) is 0.515. The van der Waals surface area contributed by atoms with Crippen LogP contribution in [0.1, 0.15) is 21.5 Å². The van der Waals surface area contributed by atoms with Crippen LogP contribution in [0.3, 0.4) is 0 Å². The van der Waals surface area contributed by atoms with E-state index in [0.717, 1.165) is 5.56 Å². The van der Waals surface area contributed by atoms with Gasteiger partial charge in [0.15, 0.2) is 18.3 Å². The first kappa shape index (κ1) is 19.1. The molecular weight excluding hydrogens is 376 g/mol. The summed E-state index contributed by atoms with van der Waals surface area (Å²) < 4.78 is 32.0. The molecule has 0 unspecified atom stereocenters. The van der Waals surface area contributed by atoms with Gasteiger partial charge in [0.05, 0.1) is 33.5 Å². The van der Waals surface area contributed by atoms with Gasteiger partial charge in [0, 0.05) is 16.1 Å². The Labute approximate surface area is 161 Å². The van der Waals surface area contributed by atoms with E-state index in [1.165, 1.54) is 33.5 Å². The van der Waals surface area contributed by atoms with E-state index in [0.29, 0.717) is 40.2 Å². The second-order valence-corrected chi connectivity index (χ2v) is 6.09. The van der Waals surface area contributed by atoms with Crippen LogP contribution in [0.5, 0.6) is 23.0 Å². The van der Waals surface area contributed by atoms with Gasteiger partial charge in [0.25, 0.3) is 0 Å². The summed E-state index contributed by atoms with van der Waals surface area (Å²) in [6.45, 7) is 0.532. The maximum absolute atomic E-state index is 12.5. The molecule has 2 aromatic carbocycles. The molecule has 3 rings (SSSR count). The number of rotatable bonds is 6. The fourth-order valence-corrected chi connectivity index (χ4v) is 3.05. The van der Waals surface area contributed by atoms with Crippen molar-refractivity contribution in [1.82, 2.24) is 0 Å². The molecule has 27 heavy (non-hydrogen) atoms. The predicted octanol–water partition coefficient (Wildman–Crippen LogP) is 3.59. The Balaban J connectivity index is 1.82. The molecule has 0 atom stereocenters. The van der Waals surface area contributed by atoms with E-state index < -0.39 is 5.97 Å². The molecule has 8 heteroatoms. The van der Waals surface area contributed by atoms with Crippen LogP contribution < -0.4 is 18.9 Å². The van der Waals surface area contributed by atoms with Crippen LogP contribution in [0, 0.1) is 0 Å². The maximum Gasteiger partial charge on any atom is 0.338 e. The molecule has 1 aliphatic heterocycles. The summed E-state index contributed by atoms with van der Waals surface area (Å²) in [4.78, 5) is 12.5. The highest BCUT2D eigenvalue weighted by Crippen LogP contribution is 2.38. The number of fused-ring (bicyclic) bond motifs is 1. The number of methoxy groups -OCH3 is 3. The van der Waals surface area contributed by atoms with E-state index in [1.807, 2.05) is 0 Å². The third-order valence-electron chi connectivity index (χ3n) is 4.01. The van der Waals surface area contributed by atoms with Gasteiger partial charge in [0.2, 0.25) is 5.75 Å². The number of ether oxygens (including phenoxy) is 6. The summed E-state index contributed by atoms with van der Waals surface area (Å²) in [5.41, 5.74) is 1.75. The Kier molecular flexibility index (Phi) is 5.93. The van der Waals surface area contributed by atoms with Crippen molar-refractivity contribution < 1.29 is 33.2 Å². The molecule has 0 saturated carbocycles. The zero-order chi connectivity index (χ0) is 19.4. The molecule has 0 aromatic heterocycles. The van der Waals surface area contributed by atoms with Crippen LogP contribution in [-0.4, -0.2) is 34.1 Å². The number of halogens is 1. The highest BCUT2D eigenvalue weighted by molar-refractivity contribution is 6.30. The van der Waals surface area contributed by atoms with Crippen molar-refractivity contribution in [3.63, 3.8) is 0 Å². The molecule has 0 N–H and O–H groups in total. The van der Waals surface area contributed by atoms with E-state index >= 15 is 0 Å². The number of benzene rings is 2. The van der Waals surface area contributed by atoms with Crippen LogP contribution >= 0.6 is 11.6 Å². The molecule has 0 aliphatic carbocycles. The van der Waals surface area contributed by atoms with Gasteiger partial charge in [-0.1, -0.05) is 11.6 Å². The molecule has 1 aliphatic rings. The maximum atomic E-state index is 12.5. The van der Waals surface area contributed by atoms with Crippen molar-refractivity contribution in [2.75, 3.05) is 28.1 Å². The van der Waals surface area contributed by atoms with Crippen LogP contribution in [-0.2, 0) is 22.7 Å². The Morgan fingerprint density at radius 3 is 2.41 bits per heavy atom. The van der Waals surface area contributed by atoms with Crippen LogP contribution in [0.15, 0.2) is 24.3 Å². The fraction of sp³-hybridized carbons (Fsp3) is 0.316. The van der Waals surface area contributed by atoms with Gasteiger partial charge in [-0.05, 0) is 24.3 Å². The van der Waals surface area contributed by atoms with Crippen molar-refractivity contribution in [2.24, 2.45) is 0 Å². The second kappa shape index (κ2) is 8.37. The first-order valence-corrected chi connectivity index (χ1v) is 8.44. The smallest absolute Gasteiger partial charge is 0.338 e. The van der Waals surface area contributed by atoms with E-state index in [1.54, 1.807) is 12.1 Å². The lowest BCUT2D eigenvalue weighted by Crippen LogP contribution is -2.14. The second-order valence-electron chi connectivity index (χ2n) is 5.65. The quantitative estimate of drug-likeness (QED) is 0.693. The molecule has 0 fully saturated rings. The highest BCUT2D eigenvalue weighted by atomic mass is 35.5. The third-order valence-corrected chi connectivity index (χ3v) is 4.23. The van der Waals surface area contributed by atoms with Crippen molar-refractivity contribution in [2.45, 2.75) is 13.2 Å². The number of carbonyl (C=O) groups is 1. The molecule has 0 amide bonds. The molecule has 0 bridgehead atoms. The van der Waals surface area contributed by atoms with Gasteiger partial charge in [0.1, 0.15) is 12.4 Å². The van der Waals surface area contributed by atoms with Gasteiger partial charge in [-0.2, -0.15) is 0 Å². The molecule has 1 heterocycles. The van der Waals surface area contributed by atoms with Crippen LogP contribution in [0.4, 0.5) is 0 Å². The van der Waals surface area contributed by atoms with Crippen LogP contribution in [0.2, 0.25) is 5.02 Å². The lowest BCUT2D eigenvalue weighted by Gasteiger charge is -2.21. The summed E-state index contributed by atoms with van der Waals surface area (Å²) in [5.74, 6) is 1.21. The molecule has 0 saturated heterocycles. The Morgan fingerprint density at radius 2 is 1.78 bits per heavy atom. The number of hydrogen-bond acceptors (Lipinski definition) is 7. The average Bonchev–Trinajstić information content (AvgIpc) is 2.70. The van der Waals surface area contributed by atoms with E-state index in [2.05, 4.69) is 0 Å². The topological polar surface area (TPSA) is 72.5 Å². The summed E-state index contributed by atoms with van der Waals surface area (Å²) in [6.07, 6.45) is 0. The molecule has 0 spiro atoms. The SMILES string of the molecule is COc1cc(C(=O)OCc2cc(Cl)cc3c2OCOC3)cc(OC)c1OC. The minimum absolute atomic E-state index is 0.00160. The lowest BCUT2D eigenvalue weighted by atomic mass is 10.1. The van der Waals surface area contributed by atoms with Crippen molar-refractivity contribution in [3.8, 4) is 23.0 Å². The van der Waals surface area contributed by atoms with Gasteiger partial charge < -0.3 is 28.4 Å². The van der Waals surface area contributed by atoms with Gasteiger partial charge in [-0.25, -0.2) is 4.79 Å². The molecule has 2 aromatic rings. The first-order chi connectivity index (χ1) is 13.1. The third kappa shape index (κ3) is 4.04. The molecule has 144 valence electrons. The van der Waals surface area contributed by atoms with Gasteiger partial charge in [-0.15, -0.1) is 0 Å². The number of carbonyl (C=O) groups excluding carboxylic acids is 1. The first-order valence-electron chi connectivity index (χ1n) is 8.06. The minimum Gasteiger partial charge on any atom is -0.493 e. The summed E-state index contributed by atoms with van der Waals surface area (Å²) in [6, 6.07) is 6.53. The molecule has 7 nitrogen and oxygen atoms in total. The van der Waals surface area contributed by atoms with Crippen molar-refractivity contribution >= 4 is 17.6 Å². The normalized spacial score (nSPS) is 12.6. The molecule has 0 radical (unpaired) electrons. The van der Waals surface area contributed by atoms with Crippen molar-refractivity contribution in [3.05, 3.63) is 46.0 Å². The Morgan fingerprint density at radius 1 is 1.07 bits per heavy atom. The average molecular weight is 395 g/mol. The fourth-order valence-electron chi connectivity index (χ4n) is 2.79. The van der Waals surface area contributed by atoms with E-state index in [-0.39, 0.29) is 19.0 Å². The van der Waals surface area contributed by atoms with Gasteiger partial charge >= 0.3 is 5.97 Å². The molecular formula is C19H19ClO7. The van der Waals surface area contributed by atoms with E-state index in [4.69, 9.17) is 40.0 Å². The number of hydrogen-bond donors (Lipinski definition) is 0. The van der Waals surface area contributed by atoms with Gasteiger partial charge in [-0.3, -0.25) is 0 Å². The largest absolute Gasteiger partial charge is 0.493 e. The monoisotopic (exact) mass is 394 g/mol. The number of esters is 1. The van der Waals surface area contributed by atoms with Crippen LogP contribution in [0.25, 0.3) is 0 Å². The predicted molar refractivity (Wildman–Crippen MR) is 97.0 cm³/mol. The Hall–Kier alpha value is -2.64. The minimum atomic E-state index is -0.546. The van der Waals surface area contributed by atoms with Crippen molar-refractivity contribution in [1.29, 1.82) is 0 Å². The Bertz CT molecular complexity index is 825. The highest BCUT2D eigenvalue weighted by Gasteiger charge is 2.20. The standard InChI is InChI=1S/C19H19ClO7/c1-22-15-6-11(7-16(23-2)18(15)24-3)19(21)26-9-13-5-14(20)4-12-8-25-10-27-17(12)13/h4-7H,8-10H2,1-3H3. The zero-order valence-electron chi connectivity index (χ0n) is 15.2. The lowest BCUT2D eigenvalue weighted by molar-refractivity contribution is -0.0180. The summed E-state index contributed by atoms with van der Waals surface area (Å²) >= 11 is 6.13.